The molecule has 33 heavy (non-hydrogen) atoms. The maximum atomic E-state index is 12.9. The summed E-state index contributed by atoms with van der Waals surface area (Å²) in [5.41, 5.74) is 4.14. The van der Waals surface area contributed by atoms with Crippen molar-refractivity contribution in [3.63, 3.8) is 0 Å². The minimum atomic E-state index is -1.02. The molecule has 0 heterocycles. The highest BCUT2D eigenvalue weighted by atomic mass is 16.5. The summed E-state index contributed by atoms with van der Waals surface area (Å²) in [6.07, 6.45) is 1.52. The number of carboxylic acid groups (broad SMARTS) is 1. The van der Waals surface area contributed by atoms with Crippen LogP contribution in [0.25, 0.3) is 11.1 Å². The molecular weight excluding hydrogens is 420 g/mol. The number of hydrogen-bond donors (Lipinski definition) is 2. The number of nitrogens with zero attached hydrogens (tertiary/aromatic N) is 1. The number of nitrogens with one attached hydrogen (secondary N) is 1. The van der Waals surface area contributed by atoms with Gasteiger partial charge in [-0.1, -0.05) is 48.5 Å². The van der Waals surface area contributed by atoms with E-state index in [-0.39, 0.29) is 30.4 Å². The van der Waals surface area contributed by atoms with Gasteiger partial charge in [-0.3, -0.25) is 4.79 Å². The largest absolute Gasteiger partial charge is 0.480 e. The summed E-state index contributed by atoms with van der Waals surface area (Å²) >= 11 is 0. The number of alkyl carbamates (subject to hydrolysis) is 1. The van der Waals surface area contributed by atoms with E-state index in [1.807, 2.05) is 24.3 Å². The maximum absolute atomic E-state index is 12.9. The number of rotatable bonds is 6. The van der Waals surface area contributed by atoms with Gasteiger partial charge in [-0.05, 0) is 54.4 Å². The zero-order valence-electron chi connectivity index (χ0n) is 18.8. The van der Waals surface area contributed by atoms with Crippen LogP contribution in [0.5, 0.6) is 0 Å². The molecule has 2 saturated carbocycles. The van der Waals surface area contributed by atoms with Crippen LogP contribution in [0.15, 0.2) is 48.5 Å². The number of likely N-dealkylation sites (N-methyl/N-ethyl adjacent to an activating group) is 1. The Balaban J connectivity index is 1.19. The molecule has 5 rings (SSSR count). The van der Waals surface area contributed by atoms with Crippen LogP contribution < -0.4 is 5.32 Å². The van der Waals surface area contributed by atoms with E-state index in [2.05, 4.69) is 29.6 Å². The molecular formula is C26H28N2O5. The lowest BCUT2D eigenvalue weighted by Crippen LogP contribution is -2.45. The lowest BCUT2D eigenvalue weighted by Gasteiger charge is -2.26. The van der Waals surface area contributed by atoms with Crippen LogP contribution in [0.3, 0.4) is 0 Å². The molecule has 3 aliphatic carbocycles. The molecule has 2 amide bonds. The van der Waals surface area contributed by atoms with Gasteiger partial charge in [-0.15, -0.1) is 0 Å². The number of amides is 2. The van der Waals surface area contributed by atoms with E-state index >= 15 is 0 Å². The van der Waals surface area contributed by atoms with E-state index in [9.17, 15) is 19.5 Å². The van der Waals surface area contributed by atoms with Crippen LogP contribution in [-0.4, -0.2) is 53.7 Å². The third-order valence-electron chi connectivity index (χ3n) is 7.76. The van der Waals surface area contributed by atoms with Crippen molar-refractivity contribution in [2.24, 2.45) is 11.3 Å². The first kappa shape index (κ1) is 21.5. The van der Waals surface area contributed by atoms with Gasteiger partial charge in [0.25, 0.3) is 0 Å². The van der Waals surface area contributed by atoms with Gasteiger partial charge in [-0.25, -0.2) is 9.59 Å². The first-order valence-corrected chi connectivity index (χ1v) is 11.4. The number of aliphatic carboxylic acids is 1. The van der Waals surface area contributed by atoms with E-state index < -0.39 is 23.5 Å². The Bertz CT molecular complexity index is 1090. The predicted octanol–water partition coefficient (Wildman–Crippen LogP) is 3.63. The highest BCUT2D eigenvalue weighted by Crippen LogP contribution is 2.64. The number of carbonyl (C=O) groups excluding carboxylic acids is 2. The van der Waals surface area contributed by atoms with Crippen molar-refractivity contribution in [2.75, 3.05) is 13.7 Å². The maximum Gasteiger partial charge on any atom is 0.407 e. The van der Waals surface area contributed by atoms with Gasteiger partial charge in [0.05, 0.1) is 5.41 Å². The highest BCUT2D eigenvalue weighted by molar-refractivity contribution is 5.90. The molecule has 0 spiro atoms. The molecule has 2 aromatic carbocycles. The van der Waals surface area contributed by atoms with Gasteiger partial charge in [0.15, 0.2) is 0 Å². The Labute approximate surface area is 192 Å². The van der Waals surface area contributed by atoms with Gasteiger partial charge in [0, 0.05) is 19.0 Å². The van der Waals surface area contributed by atoms with Gasteiger partial charge < -0.3 is 20.1 Å². The second-order valence-corrected chi connectivity index (χ2v) is 9.59. The molecule has 0 saturated heterocycles. The molecule has 7 nitrogen and oxygen atoms in total. The van der Waals surface area contributed by atoms with Crippen molar-refractivity contribution in [3.05, 3.63) is 59.7 Å². The minimum absolute atomic E-state index is 0.000735. The zero-order valence-corrected chi connectivity index (χ0v) is 18.8. The average molecular weight is 449 g/mol. The van der Waals surface area contributed by atoms with Crippen LogP contribution >= 0.6 is 0 Å². The number of benzene rings is 2. The summed E-state index contributed by atoms with van der Waals surface area (Å²) in [6, 6.07) is 15.4. The second kappa shape index (κ2) is 7.90. The summed E-state index contributed by atoms with van der Waals surface area (Å²) in [6.45, 7) is 1.76. The standard InChI is InChI=1S/C26H28N2O5/c1-15(23(29)30)28(2)24(31)26-12-16(26)11-17(13-26)27-25(32)33-14-22-20-9-5-3-7-18(20)19-8-4-6-10-21(19)22/h3-10,15-17,22H,11-14H2,1-2H3,(H,27,32)(H,29,30)/t15-,16+,17-,26-/m0/s1. The lowest BCUT2D eigenvalue weighted by molar-refractivity contribution is -0.150. The quantitative estimate of drug-likeness (QED) is 0.704. The fourth-order valence-corrected chi connectivity index (χ4v) is 5.76. The van der Waals surface area contributed by atoms with Crippen molar-refractivity contribution in [1.82, 2.24) is 10.2 Å². The van der Waals surface area contributed by atoms with Crippen LogP contribution in [0.1, 0.15) is 43.2 Å². The zero-order chi connectivity index (χ0) is 23.3. The van der Waals surface area contributed by atoms with Crippen molar-refractivity contribution in [2.45, 2.75) is 44.2 Å². The van der Waals surface area contributed by atoms with E-state index in [1.165, 1.54) is 30.0 Å². The molecule has 0 aromatic heterocycles. The Morgan fingerprint density at radius 3 is 2.30 bits per heavy atom. The summed E-state index contributed by atoms with van der Waals surface area (Å²) in [5.74, 6) is -0.975. The van der Waals surface area contributed by atoms with Crippen LogP contribution in [0, 0.1) is 11.3 Å². The predicted molar refractivity (Wildman–Crippen MR) is 122 cm³/mol. The minimum Gasteiger partial charge on any atom is -0.480 e. The topological polar surface area (TPSA) is 95.9 Å². The summed E-state index contributed by atoms with van der Waals surface area (Å²) in [5, 5.41) is 12.2. The van der Waals surface area contributed by atoms with Crippen LogP contribution in [0.4, 0.5) is 4.79 Å². The molecule has 2 aromatic rings. The molecule has 2 N–H and O–H groups in total. The smallest absolute Gasteiger partial charge is 0.407 e. The fourth-order valence-electron chi connectivity index (χ4n) is 5.76. The Morgan fingerprint density at radius 1 is 1.09 bits per heavy atom. The summed E-state index contributed by atoms with van der Waals surface area (Å²) in [7, 11) is 1.54. The van der Waals surface area contributed by atoms with Gasteiger partial charge in [0.2, 0.25) is 5.91 Å². The number of ether oxygens (including phenoxy) is 1. The van der Waals surface area contributed by atoms with E-state index in [0.717, 1.165) is 17.5 Å². The third-order valence-corrected chi connectivity index (χ3v) is 7.76. The van der Waals surface area contributed by atoms with Crippen LogP contribution in [0.2, 0.25) is 0 Å². The molecule has 2 fully saturated rings. The summed E-state index contributed by atoms with van der Waals surface area (Å²) < 4.78 is 5.64. The Morgan fingerprint density at radius 2 is 1.70 bits per heavy atom. The molecule has 4 atom stereocenters. The molecule has 0 unspecified atom stereocenters. The molecule has 3 aliphatic rings. The SMILES string of the molecule is C[C@@H](C(=O)O)N(C)C(=O)[C@@]12C[C@@H](NC(=O)OCC3c4ccccc4-c4ccccc43)C[C@@H]1C2. The first-order chi connectivity index (χ1) is 15.8. The number of carboxylic acids is 1. The Kier molecular flexibility index (Phi) is 5.15. The second-order valence-electron chi connectivity index (χ2n) is 9.59. The molecule has 0 bridgehead atoms. The monoisotopic (exact) mass is 448 g/mol. The van der Waals surface area contributed by atoms with Gasteiger partial charge in [-0.2, -0.15) is 0 Å². The van der Waals surface area contributed by atoms with Gasteiger partial charge >= 0.3 is 12.1 Å². The van der Waals surface area contributed by atoms with Crippen LogP contribution in [-0.2, 0) is 14.3 Å². The van der Waals surface area contributed by atoms with E-state index in [0.29, 0.717) is 12.8 Å². The van der Waals surface area contributed by atoms with Crippen molar-refractivity contribution in [1.29, 1.82) is 0 Å². The number of carbonyl (C=O) groups is 3. The normalized spacial score (nSPS) is 25.4. The van der Waals surface area contributed by atoms with Crippen molar-refractivity contribution >= 4 is 18.0 Å². The van der Waals surface area contributed by atoms with Gasteiger partial charge in [0.1, 0.15) is 12.6 Å². The average Bonchev–Trinajstić information content (AvgIpc) is 3.24. The van der Waals surface area contributed by atoms with E-state index in [4.69, 9.17) is 4.74 Å². The Hall–Kier alpha value is -3.35. The molecule has 0 radical (unpaired) electrons. The molecule has 172 valence electrons. The summed E-state index contributed by atoms with van der Waals surface area (Å²) in [4.78, 5) is 38.1. The van der Waals surface area contributed by atoms with Crippen molar-refractivity contribution in [3.8, 4) is 11.1 Å². The number of fused-ring (bicyclic) bond motifs is 4. The fraction of sp³-hybridized carbons (Fsp3) is 0.423. The van der Waals surface area contributed by atoms with Crippen molar-refractivity contribution < 1.29 is 24.2 Å². The highest BCUT2D eigenvalue weighted by Gasteiger charge is 2.66. The molecule has 0 aliphatic heterocycles. The molecule has 7 heteroatoms. The van der Waals surface area contributed by atoms with E-state index in [1.54, 1.807) is 0 Å². The first-order valence-electron chi connectivity index (χ1n) is 11.4. The third kappa shape index (κ3) is 3.56. The number of hydrogen-bond acceptors (Lipinski definition) is 4. The lowest BCUT2D eigenvalue weighted by atomic mass is 9.98.